The maximum absolute atomic E-state index is 2.40. The van der Waals surface area contributed by atoms with E-state index in [1.807, 2.05) is 11.3 Å². The lowest BCUT2D eigenvalue weighted by molar-refractivity contribution is 1.28. The Bertz CT molecular complexity index is 3280. The Labute approximate surface area is 354 Å². The van der Waals surface area contributed by atoms with Crippen LogP contribution in [-0.4, -0.2) is 0 Å². The van der Waals surface area contributed by atoms with Gasteiger partial charge in [-0.25, -0.2) is 0 Å². The van der Waals surface area contributed by atoms with E-state index in [2.05, 4.69) is 241 Å². The number of hydrogen-bond donors (Lipinski definition) is 0. The Morgan fingerprint density at radius 2 is 0.733 bits per heavy atom. The number of nitrogens with zero attached hydrogens (tertiary/aromatic N) is 1. The number of thiophene rings is 1. The minimum atomic E-state index is 1.09. The third-order valence-electron chi connectivity index (χ3n) is 11.7. The molecule has 0 unspecified atom stereocenters. The van der Waals surface area contributed by atoms with Crippen molar-refractivity contribution in [3.63, 3.8) is 0 Å². The molecule has 1 nitrogen and oxygen atoms in total. The summed E-state index contributed by atoms with van der Waals surface area (Å²) in [4.78, 5) is 2.40. The van der Waals surface area contributed by atoms with Gasteiger partial charge in [-0.15, -0.1) is 11.3 Å². The van der Waals surface area contributed by atoms with E-state index in [-0.39, 0.29) is 0 Å². The first-order valence-electron chi connectivity index (χ1n) is 20.5. The molecule has 0 aliphatic heterocycles. The van der Waals surface area contributed by atoms with Crippen LogP contribution in [0.15, 0.2) is 237 Å². The largest absolute Gasteiger partial charge is 0.310 e. The van der Waals surface area contributed by atoms with E-state index in [0.717, 1.165) is 17.1 Å². The molecule has 0 radical (unpaired) electrons. The van der Waals surface area contributed by atoms with Gasteiger partial charge in [0.2, 0.25) is 0 Å². The van der Waals surface area contributed by atoms with Crippen LogP contribution in [0.5, 0.6) is 0 Å². The van der Waals surface area contributed by atoms with Gasteiger partial charge in [-0.3, -0.25) is 0 Å². The molecule has 10 aromatic carbocycles. The summed E-state index contributed by atoms with van der Waals surface area (Å²) in [6.45, 7) is 0. The highest BCUT2D eigenvalue weighted by Crippen LogP contribution is 2.43. The molecule has 0 aliphatic carbocycles. The summed E-state index contributed by atoms with van der Waals surface area (Å²) in [7, 11) is 0. The maximum Gasteiger partial charge on any atom is 0.0540 e. The first-order chi connectivity index (χ1) is 29.7. The molecular weight excluding hydrogens is 743 g/mol. The van der Waals surface area contributed by atoms with Crippen LogP contribution in [0, 0.1) is 0 Å². The van der Waals surface area contributed by atoms with Crippen molar-refractivity contribution in [2.75, 3.05) is 4.90 Å². The second-order valence-electron chi connectivity index (χ2n) is 15.3. The third-order valence-corrected chi connectivity index (χ3v) is 12.8. The van der Waals surface area contributed by atoms with Gasteiger partial charge in [0.25, 0.3) is 0 Å². The number of fused-ring (bicyclic) bond motifs is 4. The molecular formula is C58H39NS. The maximum atomic E-state index is 2.40. The molecule has 0 N–H and O–H groups in total. The Morgan fingerprint density at radius 1 is 0.267 bits per heavy atom. The normalized spacial score (nSPS) is 11.3. The Hall–Kier alpha value is -7.52. The second kappa shape index (κ2) is 15.3. The van der Waals surface area contributed by atoms with Crippen LogP contribution in [0.4, 0.5) is 17.1 Å². The van der Waals surface area contributed by atoms with Crippen molar-refractivity contribution in [2.45, 2.75) is 0 Å². The fourth-order valence-corrected chi connectivity index (χ4v) is 9.81. The number of benzene rings is 10. The highest BCUT2D eigenvalue weighted by molar-refractivity contribution is 7.25. The Morgan fingerprint density at radius 3 is 1.47 bits per heavy atom. The second-order valence-corrected chi connectivity index (χ2v) is 16.4. The standard InChI is InChI=1S/C58H39NS/c1-2-12-40(13-3-1)41-24-26-42(27-25-41)43-28-33-49(34-29-43)59(50-35-30-44(31-36-50)46-32-37-55-54-20-7-9-23-57(54)60-58(55)39-46)56-22-8-6-19-53(56)48-17-10-16-47(38-48)52-21-11-15-45-14-4-5-18-51(45)52/h1-39H. The van der Waals surface area contributed by atoms with Gasteiger partial charge in [-0.05, 0) is 109 Å². The molecule has 0 aliphatic rings. The molecule has 0 fully saturated rings. The van der Waals surface area contributed by atoms with Crippen LogP contribution < -0.4 is 4.90 Å². The van der Waals surface area contributed by atoms with Crippen LogP contribution in [0.25, 0.3) is 86.6 Å². The fraction of sp³-hybridized carbons (Fsp3) is 0. The van der Waals surface area contributed by atoms with Crippen molar-refractivity contribution in [1.29, 1.82) is 0 Å². The van der Waals surface area contributed by atoms with Crippen LogP contribution in [0.3, 0.4) is 0 Å². The monoisotopic (exact) mass is 781 g/mol. The molecule has 2 heteroatoms. The first-order valence-corrected chi connectivity index (χ1v) is 21.3. The van der Waals surface area contributed by atoms with Crippen molar-refractivity contribution >= 4 is 59.3 Å². The summed E-state index contributed by atoms with van der Waals surface area (Å²) >= 11 is 1.86. The summed E-state index contributed by atoms with van der Waals surface area (Å²) in [6.07, 6.45) is 0. The molecule has 282 valence electrons. The Kier molecular flexibility index (Phi) is 9.11. The predicted molar refractivity (Wildman–Crippen MR) is 259 cm³/mol. The smallest absolute Gasteiger partial charge is 0.0540 e. The zero-order valence-corrected chi connectivity index (χ0v) is 33.7. The molecule has 60 heavy (non-hydrogen) atoms. The van der Waals surface area contributed by atoms with E-state index in [1.165, 1.54) is 86.6 Å². The molecule has 1 heterocycles. The van der Waals surface area contributed by atoms with E-state index < -0.39 is 0 Å². The molecule has 0 saturated heterocycles. The van der Waals surface area contributed by atoms with Gasteiger partial charge >= 0.3 is 0 Å². The van der Waals surface area contributed by atoms with E-state index in [4.69, 9.17) is 0 Å². The van der Waals surface area contributed by atoms with E-state index in [0.29, 0.717) is 0 Å². The molecule has 0 spiro atoms. The van der Waals surface area contributed by atoms with Crippen molar-refractivity contribution in [2.24, 2.45) is 0 Å². The van der Waals surface area contributed by atoms with Gasteiger partial charge in [-0.2, -0.15) is 0 Å². The predicted octanol–water partition coefficient (Wildman–Crippen LogP) is 17.0. The van der Waals surface area contributed by atoms with Crippen molar-refractivity contribution in [3.05, 3.63) is 237 Å². The molecule has 0 amide bonds. The van der Waals surface area contributed by atoms with E-state index in [1.54, 1.807) is 0 Å². The summed E-state index contributed by atoms with van der Waals surface area (Å²) < 4.78 is 2.64. The lowest BCUT2D eigenvalue weighted by Crippen LogP contribution is -2.11. The minimum absolute atomic E-state index is 1.09. The Balaban J connectivity index is 0.995. The minimum Gasteiger partial charge on any atom is -0.310 e. The topological polar surface area (TPSA) is 3.24 Å². The quantitative estimate of drug-likeness (QED) is 0.148. The van der Waals surface area contributed by atoms with Gasteiger partial charge in [-0.1, -0.05) is 188 Å². The third kappa shape index (κ3) is 6.63. The zero-order valence-electron chi connectivity index (χ0n) is 32.9. The van der Waals surface area contributed by atoms with Gasteiger partial charge in [0.1, 0.15) is 0 Å². The van der Waals surface area contributed by atoms with Crippen LogP contribution in [0.1, 0.15) is 0 Å². The molecule has 0 bridgehead atoms. The highest BCUT2D eigenvalue weighted by atomic mass is 32.1. The van der Waals surface area contributed by atoms with Gasteiger partial charge < -0.3 is 4.90 Å². The summed E-state index contributed by atoms with van der Waals surface area (Å²) in [5, 5.41) is 5.15. The van der Waals surface area contributed by atoms with Crippen molar-refractivity contribution in [1.82, 2.24) is 0 Å². The molecule has 11 rings (SSSR count). The summed E-state index contributed by atoms with van der Waals surface area (Å²) in [6, 6.07) is 86.1. The fourth-order valence-electron chi connectivity index (χ4n) is 8.67. The lowest BCUT2D eigenvalue weighted by atomic mass is 9.94. The average molecular weight is 782 g/mol. The van der Waals surface area contributed by atoms with Crippen molar-refractivity contribution < 1.29 is 0 Å². The number of hydrogen-bond acceptors (Lipinski definition) is 2. The van der Waals surface area contributed by atoms with Gasteiger partial charge in [0.15, 0.2) is 0 Å². The molecule has 0 saturated carbocycles. The number of anilines is 3. The van der Waals surface area contributed by atoms with E-state index in [9.17, 15) is 0 Å². The van der Waals surface area contributed by atoms with Crippen LogP contribution in [0.2, 0.25) is 0 Å². The SMILES string of the molecule is c1ccc(-c2ccc(-c3ccc(N(c4ccc(-c5ccc6c(c5)sc5ccccc56)cc4)c4ccccc4-c4cccc(-c5cccc6ccccc56)c4)cc3)cc2)cc1. The van der Waals surface area contributed by atoms with Gasteiger partial charge in [0.05, 0.1) is 5.69 Å². The molecule has 0 atom stereocenters. The first kappa shape index (κ1) is 35.6. The van der Waals surface area contributed by atoms with Crippen LogP contribution >= 0.6 is 11.3 Å². The molecule has 1 aromatic heterocycles. The number of rotatable bonds is 8. The van der Waals surface area contributed by atoms with Crippen molar-refractivity contribution in [3.8, 4) is 55.6 Å². The zero-order chi connectivity index (χ0) is 39.8. The van der Waals surface area contributed by atoms with E-state index >= 15 is 0 Å². The highest BCUT2D eigenvalue weighted by Gasteiger charge is 2.18. The molecule has 11 aromatic rings. The average Bonchev–Trinajstić information content (AvgIpc) is 3.70. The van der Waals surface area contributed by atoms with Gasteiger partial charge in [0, 0.05) is 37.1 Å². The number of para-hydroxylation sites is 1. The summed E-state index contributed by atoms with van der Waals surface area (Å²) in [5.41, 5.74) is 15.3. The van der Waals surface area contributed by atoms with Crippen LogP contribution in [-0.2, 0) is 0 Å². The lowest BCUT2D eigenvalue weighted by Gasteiger charge is -2.28. The summed E-state index contributed by atoms with van der Waals surface area (Å²) in [5.74, 6) is 0.